The largest absolute Gasteiger partial charge is 0.487 e. The number of pyridine rings is 3. The van der Waals surface area contributed by atoms with Gasteiger partial charge in [0.15, 0.2) is 0 Å². The van der Waals surface area contributed by atoms with Crippen molar-refractivity contribution >= 4 is 10.9 Å². The molecule has 0 aliphatic rings. The summed E-state index contributed by atoms with van der Waals surface area (Å²) in [7, 11) is 1.88. The van der Waals surface area contributed by atoms with Crippen molar-refractivity contribution in [3.05, 3.63) is 105 Å². The minimum Gasteiger partial charge on any atom is -0.487 e. The molecule has 0 atom stereocenters. The van der Waals surface area contributed by atoms with Crippen molar-refractivity contribution < 1.29 is 17.9 Å². The minimum atomic E-state index is -4.74. The Morgan fingerprint density at radius 2 is 1.74 bits per heavy atom. The number of fused-ring (bicyclic) bond motifs is 1. The van der Waals surface area contributed by atoms with Gasteiger partial charge in [-0.1, -0.05) is 12.1 Å². The molecule has 5 aromatic rings. The summed E-state index contributed by atoms with van der Waals surface area (Å²) in [4.78, 5) is 21.9. The van der Waals surface area contributed by atoms with Gasteiger partial charge in [-0.05, 0) is 62.7 Å². The third-order valence-corrected chi connectivity index (χ3v) is 6.61. The standard InChI is InChI=1S/C29H26F3N5O2/c1-17-13-18(2)34-24(15-37-12-6-8-23(28(37)38)29(30,31)32)22(17)16-39-26-9-5-7-20-21(14-19(3)35-27(20)26)25-10-11-33-36(25)4/h5-14H,15-16H2,1-4H3. The lowest BCUT2D eigenvalue weighted by Crippen LogP contribution is -2.29. The summed E-state index contributed by atoms with van der Waals surface area (Å²) in [5.41, 5.74) is 3.79. The molecule has 39 heavy (non-hydrogen) atoms. The highest BCUT2D eigenvalue weighted by Gasteiger charge is 2.34. The van der Waals surface area contributed by atoms with E-state index in [2.05, 4.69) is 10.1 Å². The Kier molecular flexibility index (Phi) is 6.71. The highest BCUT2D eigenvalue weighted by Crippen LogP contribution is 2.33. The first-order valence-corrected chi connectivity index (χ1v) is 12.3. The van der Waals surface area contributed by atoms with Gasteiger partial charge < -0.3 is 9.30 Å². The number of halogens is 3. The lowest BCUT2D eigenvalue weighted by molar-refractivity contribution is -0.138. The van der Waals surface area contributed by atoms with E-state index >= 15 is 0 Å². The molecule has 7 nitrogen and oxygen atoms in total. The van der Waals surface area contributed by atoms with E-state index in [1.54, 1.807) is 17.8 Å². The van der Waals surface area contributed by atoms with E-state index in [0.29, 0.717) is 28.2 Å². The Balaban J connectivity index is 1.52. The van der Waals surface area contributed by atoms with Crippen LogP contribution in [0.15, 0.2) is 65.7 Å². The molecule has 4 aromatic heterocycles. The van der Waals surface area contributed by atoms with Gasteiger partial charge in [-0.25, -0.2) is 4.98 Å². The topological polar surface area (TPSA) is 74.8 Å². The number of nitrogens with zero attached hydrogens (tertiary/aromatic N) is 5. The fourth-order valence-corrected chi connectivity index (χ4v) is 4.77. The third kappa shape index (κ3) is 5.14. The highest BCUT2D eigenvalue weighted by atomic mass is 19.4. The summed E-state index contributed by atoms with van der Waals surface area (Å²) in [6, 6.07) is 13.5. The van der Waals surface area contributed by atoms with E-state index in [-0.39, 0.29) is 13.2 Å². The van der Waals surface area contributed by atoms with Crippen molar-refractivity contribution in [1.82, 2.24) is 24.3 Å². The first kappa shape index (κ1) is 26.1. The maximum Gasteiger partial charge on any atom is 0.421 e. The zero-order chi connectivity index (χ0) is 27.9. The van der Waals surface area contributed by atoms with Gasteiger partial charge in [0, 0.05) is 47.3 Å². The number of benzene rings is 1. The van der Waals surface area contributed by atoms with Gasteiger partial charge in [0.05, 0.1) is 17.9 Å². The molecule has 5 rings (SSSR count). The van der Waals surface area contributed by atoms with Gasteiger partial charge in [0.2, 0.25) is 0 Å². The zero-order valence-corrected chi connectivity index (χ0v) is 21.9. The average Bonchev–Trinajstić information content (AvgIpc) is 3.29. The molecule has 4 heterocycles. The Morgan fingerprint density at radius 3 is 2.46 bits per heavy atom. The monoisotopic (exact) mass is 533 g/mol. The quantitative estimate of drug-likeness (QED) is 0.277. The van der Waals surface area contributed by atoms with Crippen molar-refractivity contribution in [2.75, 3.05) is 0 Å². The van der Waals surface area contributed by atoms with Gasteiger partial charge in [-0.15, -0.1) is 0 Å². The van der Waals surface area contributed by atoms with Gasteiger partial charge >= 0.3 is 6.18 Å². The lowest BCUT2D eigenvalue weighted by Gasteiger charge is -2.17. The van der Waals surface area contributed by atoms with Gasteiger partial charge in [0.25, 0.3) is 5.56 Å². The molecule has 0 fully saturated rings. The van der Waals surface area contributed by atoms with Crippen LogP contribution in [-0.4, -0.2) is 24.3 Å². The molecule has 0 spiro atoms. The number of para-hydroxylation sites is 1. The molecule has 0 saturated heterocycles. The molecule has 0 saturated carbocycles. The number of hydrogen-bond acceptors (Lipinski definition) is 5. The average molecular weight is 534 g/mol. The molecule has 0 N–H and O–H groups in total. The van der Waals surface area contributed by atoms with E-state index in [4.69, 9.17) is 9.72 Å². The molecule has 1 aromatic carbocycles. The number of alkyl halides is 3. The highest BCUT2D eigenvalue weighted by molar-refractivity contribution is 5.97. The van der Waals surface area contributed by atoms with Crippen LogP contribution in [0.5, 0.6) is 5.75 Å². The Labute approximate surface area is 222 Å². The maximum absolute atomic E-state index is 13.3. The summed E-state index contributed by atoms with van der Waals surface area (Å²) in [6.07, 6.45) is -1.67. The van der Waals surface area contributed by atoms with Crippen molar-refractivity contribution in [3.63, 3.8) is 0 Å². The van der Waals surface area contributed by atoms with Crippen molar-refractivity contribution in [2.24, 2.45) is 7.05 Å². The Bertz CT molecular complexity index is 1750. The van der Waals surface area contributed by atoms with Gasteiger partial charge in [-0.3, -0.25) is 14.5 Å². The van der Waals surface area contributed by atoms with Crippen LogP contribution in [0.4, 0.5) is 13.2 Å². The number of hydrogen-bond donors (Lipinski definition) is 0. The van der Waals surface area contributed by atoms with Crippen molar-refractivity contribution in [1.29, 1.82) is 0 Å². The van der Waals surface area contributed by atoms with Crippen molar-refractivity contribution in [2.45, 2.75) is 40.1 Å². The van der Waals surface area contributed by atoms with Crippen LogP contribution < -0.4 is 10.3 Å². The lowest BCUT2D eigenvalue weighted by atomic mass is 10.0. The van der Waals surface area contributed by atoms with Crippen LogP contribution in [0.2, 0.25) is 0 Å². The Hall–Kier alpha value is -4.47. The molecule has 0 unspecified atom stereocenters. The van der Waals surface area contributed by atoms with Crippen LogP contribution in [0.3, 0.4) is 0 Å². The molecule has 0 aliphatic carbocycles. The second-order valence-electron chi connectivity index (χ2n) is 9.45. The third-order valence-electron chi connectivity index (χ3n) is 6.61. The zero-order valence-electron chi connectivity index (χ0n) is 21.9. The van der Waals surface area contributed by atoms with Crippen LogP contribution in [0.25, 0.3) is 22.2 Å². The van der Waals surface area contributed by atoms with Crippen LogP contribution in [0.1, 0.15) is 33.8 Å². The second-order valence-corrected chi connectivity index (χ2v) is 9.45. The molecule has 200 valence electrons. The number of aryl methyl sites for hydroxylation is 4. The van der Waals surface area contributed by atoms with E-state index in [0.717, 1.165) is 38.5 Å². The predicted molar refractivity (Wildman–Crippen MR) is 142 cm³/mol. The summed E-state index contributed by atoms with van der Waals surface area (Å²) >= 11 is 0. The van der Waals surface area contributed by atoms with Gasteiger partial charge in [-0.2, -0.15) is 18.3 Å². The predicted octanol–water partition coefficient (Wildman–Crippen LogP) is 5.76. The van der Waals surface area contributed by atoms with Crippen LogP contribution in [-0.2, 0) is 26.4 Å². The minimum absolute atomic E-state index is 0.0952. The van der Waals surface area contributed by atoms with Crippen LogP contribution in [0, 0.1) is 20.8 Å². The van der Waals surface area contributed by atoms with E-state index in [1.807, 2.05) is 57.3 Å². The second kappa shape index (κ2) is 10.0. The number of aromatic nitrogens is 5. The number of ether oxygens (including phenoxy) is 1. The molecule has 0 bridgehead atoms. The molecule has 0 aliphatic heterocycles. The maximum atomic E-state index is 13.3. The molecule has 10 heteroatoms. The van der Waals surface area contributed by atoms with Gasteiger partial charge in [0.1, 0.15) is 23.4 Å². The normalized spacial score (nSPS) is 11.8. The summed E-state index contributed by atoms with van der Waals surface area (Å²) in [5.74, 6) is 0.557. The summed E-state index contributed by atoms with van der Waals surface area (Å²) < 4.78 is 49.1. The molecule has 0 radical (unpaired) electrons. The molecule has 0 amide bonds. The Morgan fingerprint density at radius 1 is 0.974 bits per heavy atom. The van der Waals surface area contributed by atoms with Crippen molar-refractivity contribution in [3.8, 4) is 17.0 Å². The number of rotatable bonds is 6. The first-order chi connectivity index (χ1) is 18.5. The van der Waals surface area contributed by atoms with E-state index in [1.165, 1.54) is 12.3 Å². The SMILES string of the molecule is Cc1cc(C)c(COc2cccc3c(-c4ccnn4C)cc(C)nc23)c(Cn2cccc(C(F)(F)F)c2=O)n1. The fraction of sp³-hybridized carbons (Fsp3) is 0.241. The van der Waals surface area contributed by atoms with E-state index < -0.39 is 17.3 Å². The molecular formula is C29H26F3N5O2. The smallest absolute Gasteiger partial charge is 0.421 e. The summed E-state index contributed by atoms with van der Waals surface area (Å²) in [6.45, 7) is 5.57. The van der Waals surface area contributed by atoms with E-state index in [9.17, 15) is 18.0 Å². The fourth-order valence-electron chi connectivity index (χ4n) is 4.77. The summed E-state index contributed by atoms with van der Waals surface area (Å²) in [5, 5.41) is 5.18. The van der Waals surface area contributed by atoms with Crippen LogP contribution >= 0.6 is 0 Å². The molecular weight excluding hydrogens is 507 g/mol. The first-order valence-electron chi connectivity index (χ1n) is 12.3.